The van der Waals surface area contributed by atoms with Crippen LogP contribution in [0.1, 0.15) is 23.4 Å². The van der Waals surface area contributed by atoms with E-state index in [0.29, 0.717) is 6.61 Å². The van der Waals surface area contributed by atoms with Crippen molar-refractivity contribution >= 4 is 5.69 Å². The van der Waals surface area contributed by atoms with Crippen LogP contribution in [0.4, 0.5) is 10.1 Å². The van der Waals surface area contributed by atoms with Crippen molar-refractivity contribution in [2.24, 2.45) is 0 Å². The number of fused-ring (bicyclic) bond motifs is 1. The molecule has 0 unspecified atom stereocenters. The standard InChI is InChI=1S/C19H24FN3O2/c20-15-3-5-16(6-4-15)23-11-9-22(10-12-23)8-1-2-19-17-14-24-13-7-18(17)21-25-19/h3-6H,1-2,7-14H2. The molecule has 0 atom stereocenters. The molecule has 2 aromatic rings. The maximum atomic E-state index is 13.0. The molecule has 0 N–H and O–H groups in total. The molecule has 3 heterocycles. The summed E-state index contributed by atoms with van der Waals surface area (Å²) in [6, 6.07) is 6.78. The molecule has 1 fully saturated rings. The first-order chi connectivity index (χ1) is 12.3. The van der Waals surface area contributed by atoms with Crippen LogP contribution in [-0.4, -0.2) is 49.4 Å². The molecule has 0 saturated carbocycles. The smallest absolute Gasteiger partial charge is 0.142 e. The Morgan fingerprint density at radius 3 is 2.68 bits per heavy atom. The minimum Gasteiger partial charge on any atom is -0.376 e. The first-order valence-electron chi connectivity index (χ1n) is 9.06. The third-order valence-corrected chi connectivity index (χ3v) is 5.12. The third-order valence-electron chi connectivity index (χ3n) is 5.12. The molecule has 0 aliphatic carbocycles. The van der Waals surface area contributed by atoms with Crippen LogP contribution in [0, 0.1) is 5.82 Å². The second kappa shape index (κ2) is 7.54. The summed E-state index contributed by atoms with van der Waals surface area (Å²) in [5.74, 6) is 0.821. The highest BCUT2D eigenvalue weighted by atomic mass is 19.1. The van der Waals surface area contributed by atoms with E-state index in [9.17, 15) is 4.39 Å². The van der Waals surface area contributed by atoms with Gasteiger partial charge in [0, 0.05) is 50.3 Å². The summed E-state index contributed by atoms with van der Waals surface area (Å²) < 4.78 is 24.0. The number of benzene rings is 1. The van der Waals surface area contributed by atoms with Gasteiger partial charge in [-0.05, 0) is 37.2 Å². The fraction of sp³-hybridized carbons (Fsp3) is 0.526. The van der Waals surface area contributed by atoms with Gasteiger partial charge in [0.05, 0.1) is 18.9 Å². The van der Waals surface area contributed by atoms with Gasteiger partial charge in [0.25, 0.3) is 0 Å². The van der Waals surface area contributed by atoms with Crippen LogP contribution in [0.25, 0.3) is 0 Å². The molecule has 0 spiro atoms. The second-order valence-corrected chi connectivity index (χ2v) is 6.74. The second-order valence-electron chi connectivity index (χ2n) is 6.74. The Bertz CT molecular complexity index is 693. The zero-order valence-corrected chi connectivity index (χ0v) is 14.4. The molecule has 6 heteroatoms. The number of aromatic nitrogens is 1. The summed E-state index contributed by atoms with van der Waals surface area (Å²) in [5, 5.41) is 4.17. The predicted molar refractivity (Wildman–Crippen MR) is 93.2 cm³/mol. The lowest BCUT2D eigenvalue weighted by Gasteiger charge is -2.36. The van der Waals surface area contributed by atoms with Gasteiger partial charge >= 0.3 is 0 Å². The summed E-state index contributed by atoms with van der Waals surface area (Å²) in [6.45, 7) is 6.49. The van der Waals surface area contributed by atoms with Crippen molar-refractivity contribution in [1.29, 1.82) is 0 Å². The van der Waals surface area contributed by atoms with Gasteiger partial charge in [0.15, 0.2) is 0 Å². The van der Waals surface area contributed by atoms with Crippen LogP contribution < -0.4 is 4.90 Å². The van der Waals surface area contributed by atoms with E-state index < -0.39 is 0 Å². The van der Waals surface area contributed by atoms with Crippen molar-refractivity contribution in [2.45, 2.75) is 25.9 Å². The van der Waals surface area contributed by atoms with Crippen molar-refractivity contribution in [1.82, 2.24) is 10.1 Å². The molecule has 1 aromatic heterocycles. The van der Waals surface area contributed by atoms with Crippen LogP contribution in [-0.2, 0) is 24.2 Å². The molecule has 1 saturated heterocycles. The summed E-state index contributed by atoms with van der Waals surface area (Å²) in [7, 11) is 0. The fourth-order valence-electron chi connectivity index (χ4n) is 3.63. The normalized spacial score (nSPS) is 18.4. The Balaban J connectivity index is 1.23. The van der Waals surface area contributed by atoms with E-state index in [1.807, 2.05) is 12.1 Å². The molecular formula is C19H24FN3O2. The zero-order valence-electron chi connectivity index (χ0n) is 14.4. The maximum Gasteiger partial charge on any atom is 0.142 e. The number of anilines is 1. The Morgan fingerprint density at radius 2 is 1.88 bits per heavy atom. The number of nitrogens with zero attached hydrogens (tertiary/aromatic N) is 3. The Morgan fingerprint density at radius 1 is 1.08 bits per heavy atom. The lowest BCUT2D eigenvalue weighted by Crippen LogP contribution is -2.46. The molecule has 5 nitrogen and oxygen atoms in total. The number of hydrogen-bond donors (Lipinski definition) is 0. The lowest BCUT2D eigenvalue weighted by atomic mass is 10.1. The van der Waals surface area contributed by atoms with Gasteiger partial charge in [-0.2, -0.15) is 0 Å². The van der Waals surface area contributed by atoms with Crippen LogP contribution in [0.2, 0.25) is 0 Å². The molecule has 2 aliphatic rings. The van der Waals surface area contributed by atoms with Crippen LogP contribution in [0.5, 0.6) is 0 Å². The first kappa shape index (κ1) is 16.5. The zero-order chi connectivity index (χ0) is 17.1. The number of halogens is 1. The van der Waals surface area contributed by atoms with Crippen molar-refractivity contribution in [3.05, 3.63) is 47.1 Å². The number of aryl methyl sites for hydroxylation is 1. The van der Waals surface area contributed by atoms with Crippen LogP contribution in [0.3, 0.4) is 0 Å². The van der Waals surface area contributed by atoms with E-state index >= 15 is 0 Å². The van der Waals surface area contributed by atoms with Gasteiger partial charge in [-0.3, -0.25) is 4.90 Å². The largest absolute Gasteiger partial charge is 0.376 e. The average molecular weight is 345 g/mol. The maximum absolute atomic E-state index is 13.0. The van der Waals surface area contributed by atoms with E-state index in [1.54, 1.807) is 0 Å². The van der Waals surface area contributed by atoms with Gasteiger partial charge in [-0.15, -0.1) is 0 Å². The highest BCUT2D eigenvalue weighted by molar-refractivity contribution is 5.46. The summed E-state index contributed by atoms with van der Waals surface area (Å²) in [4.78, 5) is 4.81. The van der Waals surface area contributed by atoms with E-state index in [1.165, 1.54) is 17.7 Å². The first-order valence-corrected chi connectivity index (χ1v) is 9.06. The van der Waals surface area contributed by atoms with E-state index in [2.05, 4.69) is 15.0 Å². The van der Waals surface area contributed by atoms with E-state index in [4.69, 9.17) is 9.26 Å². The topological polar surface area (TPSA) is 41.7 Å². The quantitative estimate of drug-likeness (QED) is 0.833. The van der Waals surface area contributed by atoms with Crippen molar-refractivity contribution in [3.63, 3.8) is 0 Å². The number of rotatable bonds is 5. The van der Waals surface area contributed by atoms with Crippen molar-refractivity contribution in [2.75, 3.05) is 44.2 Å². The third kappa shape index (κ3) is 3.85. The summed E-state index contributed by atoms with van der Waals surface area (Å²) in [6.07, 6.45) is 2.85. The van der Waals surface area contributed by atoms with Gasteiger partial charge in [0.2, 0.25) is 0 Å². The highest BCUT2D eigenvalue weighted by Gasteiger charge is 2.20. The van der Waals surface area contributed by atoms with Gasteiger partial charge in [0.1, 0.15) is 11.6 Å². The highest BCUT2D eigenvalue weighted by Crippen LogP contribution is 2.22. The monoisotopic (exact) mass is 345 g/mol. The molecule has 4 rings (SSSR count). The molecule has 0 bridgehead atoms. The van der Waals surface area contributed by atoms with Crippen LogP contribution in [0.15, 0.2) is 28.8 Å². The van der Waals surface area contributed by atoms with Crippen molar-refractivity contribution in [3.8, 4) is 0 Å². The molecule has 2 aliphatic heterocycles. The Hall–Kier alpha value is -1.92. The number of piperazine rings is 1. The van der Waals surface area contributed by atoms with E-state index in [-0.39, 0.29) is 5.82 Å². The molecule has 25 heavy (non-hydrogen) atoms. The summed E-state index contributed by atoms with van der Waals surface area (Å²) in [5.41, 5.74) is 3.36. The van der Waals surface area contributed by atoms with Gasteiger partial charge in [-0.1, -0.05) is 5.16 Å². The SMILES string of the molecule is Fc1ccc(N2CCN(CCCc3onc4c3COCC4)CC2)cc1. The van der Waals surface area contributed by atoms with E-state index in [0.717, 1.165) is 75.7 Å². The number of ether oxygens (including phenoxy) is 1. The van der Waals surface area contributed by atoms with Crippen molar-refractivity contribution < 1.29 is 13.7 Å². The molecule has 0 amide bonds. The van der Waals surface area contributed by atoms with Gasteiger partial charge < -0.3 is 14.2 Å². The minimum atomic E-state index is -0.178. The Kier molecular flexibility index (Phi) is 4.99. The molecule has 1 aromatic carbocycles. The predicted octanol–water partition coefficient (Wildman–Crippen LogP) is 2.64. The fourth-order valence-corrected chi connectivity index (χ4v) is 3.63. The molecule has 134 valence electrons. The lowest BCUT2D eigenvalue weighted by molar-refractivity contribution is 0.109. The molecule has 0 radical (unpaired) electrons. The molecular weight excluding hydrogens is 321 g/mol. The number of hydrogen-bond acceptors (Lipinski definition) is 5. The minimum absolute atomic E-state index is 0.178. The Labute approximate surface area is 147 Å². The van der Waals surface area contributed by atoms with Gasteiger partial charge in [-0.25, -0.2) is 4.39 Å². The average Bonchev–Trinajstić information content (AvgIpc) is 3.06. The summed E-state index contributed by atoms with van der Waals surface area (Å²) >= 11 is 0. The van der Waals surface area contributed by atoms with Crippen LogP contribution >= 0.6 is 0 Å².